The highest BCUT2D eigenvalue weighted by Gasteiger charge is 2.29. The quantitative estimate of drug-likeness (QED) is 0.410. The van der Waals surface area contributed by atoms with Crippen molar-refractivity contribution in [2.45, 2.75) is 48.7 Å². The highest BCUT2D eigenvalue weighted by atomic mass is 32.2. The smallest absolute Gasteiger partial charge is 0.227 e. The maximum Gasteiger partial charge on any atom is 0.227 e. The van der Waals surface area contributed by atoms with Crippen molar-refractivity contribution in [1.29, 1.82) is 0 Å². The Morgan fingerprint density at radius 1 is 1.17 bits per heavy atom. The number of benzene rings is 1. The number of hydrogen-bond acceptors (Lipinski definition) is 9. The van der Waals surface area contributed by atoms with Gasteiger partial charge in [0, 0.05) is 52.8 Å². The Morgan fingerprint density at radius 2 is 1.97 bits per heavy atom. The molecule has 2 fully saturated rings. The second-order valence-electron chi connectivity index (χ2n) is 9.39. The fraction of sp³-hybridized carbons (Fsp3) is 0.440. The minimum atomic E-state index is 0.118. The van der Waals surface area contributed by atoms with Gasteiger partial charge in [0.2, 0.25) is 5.91 Å². The van der Waals surface area contributed by atoms with E-state index >= 15 is 0 Å². The van der Waals surface area contributed by atoms with Gasteiger partial charge < -0.3 is 20.4 Å². The van der Waals surface area contributed by atoms with Crippen molar-refractivity contribution in [2.75, 3.05) is 42.7 Å². The van der Waals surface area contributed by atoms with Gasteiger partial charge in [0.05, 0.1) is 0 Å². The molecule has 1 aliphatic heterocycles. The van der Waals surface area contributed by atoms with E-state index in [9.17, 15) is 4.79 Å². The standard InChI is InChI=1S/C25H31N7OS2/c1-16-14-26-24(34-16)28-21-13-22(32-12-4-5-19(15-32)31(2)3)30-25(29-21)35-20-10-8-18(9-11-20)27-23(33)17-6-7-17/h8-11,13-14,17,19H,4-7,12,15H2,1-3H3,(H,27,33)(H,26,28,29,30)/t19-/m0/s1. The molecule has 2 aliphatic rings. The fourth-order valence-electron chi connectivity index (χ4n) is 4.09. The third kappa shape index (κ3) is 6.31. The number of carbonyl (C=O) groups excluding carboxylic acids is 1. The Kier molecular flexibility index (Phi) is 7.22. The van der Waals surface area contributed by atoms with Crippen molar-refractivity contribution in [3.63, 3.8) is 0 Å². The largest absolute Gasteiger partial charge is 0.355 e. The van der Waals surface area contributed by atoms with Gasteiger partial charge in [0.15, 0.2) is 10.3 Å². The van der Waals surface area contributed by atoms with E-state index in [-0.39, 0.29) is 11.8 Å². The van der Waals surface area contributed by atoms with Gasteiger partial charge in [-0.05, 0) is 82.7 Å². The number of aromatic nitrogens is 3. The number of nitrogens with zero attached hydrogens (tertiary/aromatic N) is 5. The molecule has 3 heterocycles. The Bertz CT molecular complexity index is 1180. The first kappa shape index (κ1) is 24.0. The van der Waals surface area contributed by atoms with Crippen molar-refractivity contribution in [1.82, 2.24) is 19.9 Å². The van der Waals surface area contributed by atoms with Gasteiger partial charge in [-0.1, -0.05) is 0 Å². The summed E-state index contributed by atoms with van der Waals surface area (Å²) in [5, 5.41) is 7.87. The van der Waals surface area contributed by atoms with Crippen LogP contribution >= 0.6 is 23.1 Å². The molecule has 2 N–H and O–H groups in total. The number of rotatable bonds is 8. The highest BCUT2D eigenvalue weighted by molar-refractivity contribution is 7.99. The van der Waals surface area contributed by atoms with Crippen LogP contribution in [0.4, 0.5) is 22.5 Å². The van der Waals surface area contributed by atoms with Gasteiger partial charge in [-0.3, -0.25) is 4.79 Å². The number of carbonyl (C=O) groups is 1. The van der Waals surface area contributed by atoms with E-state index in [2.05, 4.69) is 39.5 Å². The third-order valence-electron chi connectivity index (χ3n) is 6.28. The van der Waals surface area contributed by atoms with Crippen LogP contribution in [-0.2, 0) is 4.79 Å². The van der Waals surface area contributed by atoms with Crippen molar-refractivity contribution in [3.8, 4) is 0 Å². The second-order valence-corrected chi connectivity index (χ2v) is 11.7. The number of nitrogens with one attached hydrogen (secondary N) is 2. The Labute approximate surface area is 214 Å². The number of aryl methyl sites for hydroxylation is 1. The molecule has 0 radical (unpaired) electrons. The predicted octanol–water partition coefficient (Wildman–Crippen LogP) is 5.02. The Morgan fingerprint density at radius 3 is 2.66 bits per heavy atom. The fourth-order valence-corrected chi connectivity index (χ4v) is 5.53. The van der Waals surface area contributed by atoms with Crippen LogP contribution in [0, 0.1) is 12.8 Å². The third-order valence-corrected chi connectivity index (χ3v) is 7.98. The summed E-state index contributed by atoms with van der Waals surface area (Å²) in [7, 11) is 4.29. The van der Waals surface area contributed by atoms with E-state index in [4.69, 9.17) is 9.97 Å². The SMILES string of the molecule is Cc1cnc(Nc2cc(N3CCC[C@H](N(C)C)C3)nc(Sc3ccc(NC(=O)C4CC4)cc3)n2)s1. The summed E-state index contributed by atoms with van der Waals surface area (Å²) in [5.41, 5.74) is 0.824. The molecule has 1 aliphatic carbocycles. The summed E-state index contributed by atoms with van der Waals surface area (Å²) in [6.45, 7) is 3.97. The molecule has 1 saturated heterocycles. The van der Waals surface area contributed by atoms with E-state index < -0.39 is 0 Å². The first-order valence-corrected chi connectivity index (χ1v) is 13.6. The lowest BCUT2D eigenvalue weighted by molar-refractivity contribution is -0.117. The summed E-state index contributed by atoms with van der Waals surface area (Å²) >= 11 is 3.13. The number of hydrogen-bond donors (Lipinski definition) is 2. The number of anilines is 4. The van der Waals surface area contributed by atoms with Gasteiger partial charge in [0.25, 0.3) is 0 Å². The van der Waals surface area contributed by atoms with Crippen LogP contribution in [0.25, 0.3) is 0 Å². The van der Waals surface area contributed by atoms with Crippen LogP contribution in [0.2, 0.25) is 0 Å². The molecule has 1 amide bonds. The van der Waals surface area contributed by atoms with Crippen molar-refractivity contribution < 1.29 is 4.79 Å². The van der Waals surface area contributed by atoms with E-state index in [1.165, 1.54) is 18.2 Å². The normalized spacial score (nSPS) is 18.1. The van der Waals surface area contributed by atoms with Crippen molar-refractivity contribution in [3.05, 3.63) is 41.4 Å². The lowest BCUT2D eigenvalue weighted by Crippen LogP contribution is -2.45. The molecular formula is C25H31N7OS2. The maximum absolute atomic E-state index is 12.0. The monoisotopic (exact) mass is 509 g/mol. The molecule has 8 nitrogen and oxygen atoms in total. The molecule has 0 bridgehead atoms. The van der Waals surface area contributed by atoms with Crippen molar-refractivity contribution in [2.24, 2.45) is 5.92 Å². The van der Waals surface area contributed by atoms with Gasteiger partial charge in [0.1, 0.15) is 11.6 Å². The lowest BCUT2D eigenvalue weighted by Gasteiger charge is -2.36. The summed E-state index contributed by atoms with van der Waals surface area (Å²) in [6, 6.07) is 10.4. The molecule has 2 aromatic heterocycles. The first-order chi connectivity index (χ1) is 16.9. The van der Waals surface area contributed by atoms with Crippen LogP contribution in [0.1, 0.15) is 30.6 Å². The molecule has 1 saturated carbocycles. The number of piperidine rings is 1. The van der Waals surface area contributed by atoms with E-state index in [0.717, 1.165) is 64.6 Å². The molecule has 5 rings (SSSR count). The Hall–Kier alpha value is -2.69. The lowest BCUT2D eigenvalue weighted by atomic mass is 10.1. The molecule has 3 aromatic rings. The summed E-state index contributed by atoms with van der Waals surface area (Å²) in [5.74, 6) is 1.98. The second kappa shape index (κ2) is 10.5. The van der Waals surface area contributed by atoms with Crippen LogP contribution in [0.5, 0.6) is 0 Å². The Balaban J connectivity index is 1.36. The van der Waals surface area contributed by atoms with Crippen LogP contribution in [0.15, 0.2) is 46.6 Å². The van der Waals surface area contributed by atoms with Gasteiger partial charge >= 0.3 is 0 Å². The average molecular weight is 510 g/mol. The molecule has 35 heavy (non-hydrogen) atoms. The summed E-state index contributed by atoms with van der Waals surface area (Å²) < 4.78 is 0. The van der Waals surface area contributed by atoms with Gasteiger partial charge in [-0.15, -0.1) is 11.3 Å². The summed E-state index contributed by atoms with van der Waals surface area (Å²) in [6.07, 6.45) is 6.19. The number of likely N-dealkylation sites (N-methyl/N-ethyl adjacent to an activating group) is 1. The molecule has 184 valence electrons. The van der Waals surface area contributed by atoms with E-state index in [0.29, 0.717) is 11.2 Å². The number of thiazole rings is 1. The molecule has 0 unspecified atom stereocenters. The van der Waals surface area contributed by atoms with Gasteiger partial charge in [-0.25, -0.2) is 15.0 Å². The zero-order chi connectivity index (χ0) is 24.4. The molecular weight excluding hydrogens is 478 g/mol. The highest BCUT2D eigenvalue weighted by Crippen LogP contribution is 2.33. The van der Waals surface area contributed by atoms with Crippen LogP contribution < -0.4 is 15.5 Å². The van der Waals surface area contributed by atoms with Gasteiger partial charge in [-0.2, -0.15) is 0 Å². The minimum Gasteiger partial charge on any atom is -0.355 e. The van der Waals surface area contributed by atoms with E-state index in [1.54, 1.807) is 11.3 Å². The predicted molar refractivity (Wildman–Crippen MR) is 143 cm³/mol. The molecule has 1 atom stereocenters. The van der Waals surface area contributed by atoms with Crippen LogP contribution in [-0.4, -0.2) is 59.0 Å². The first-order valence-electron chi connectivity index (χ1n) is 12.0. The minimum absolute atomic E-state index is 0.118. The molecule has 0 spiro atoms. The number of amides is 1. The molecule has 10 heteroatoms. The zero-order valence-electron chi connectivity index (χ0n) is 20.3. The topological polar surface area (TPSA) is 86.3 Å². The molecule has 1 aromatic carbocycles. The average Bonchev–Trinajstić information content (AvgIpc) is 3.63. The van der Waals surface area contributed by atoms with Crippen LogP contribution in [0.3, 0.4) is 0 Å². The maximum atomic E-state index is 12.0. The van der Waals surface area contributed by atoms with Crippen molar-refractivity contribution >= 4 is 51.5 Å². The zero-order valence-corrected chi connectivity index (χ0v) is 22.0. The van der Waals surface area contributed by atoms with E-state index in [1.807, 2.05) is 43.5 Å². The summed E-state index contributed by atoms with van der Waals surface area (Å²) in [4.78, 5) is 33.0.